The van der Waals surface area contributed by atoms with Crippen LogP contribution in [-0.2, 0) is 19.4 Å². The maximum absolute atomic E-state index is 12.9. The predicted octanol–water partition coefficient (Wildman–Crippen LogP) is 3.21. The van der Waals surface area contributed by atoms with Crippen molar-refractivity contribution in [2.24, 2.45) is 0 Å². The summed E-state index contributed by atoms with van der Waals surface area (Å²) in [6.07, 6.45) is 1.48. The standard InChI is InChI=1S/C21H20N2O3/c1-22-12-11-16-15-8-5-9-17(21(25)26)18(15)23(19(16)20(22)24)13-10-14-6-3-2-4-7-14/h2-9H,10-13H2,1H3,(H,25,26). The topological polar surface area (TPSA) is 62.5 Å². The van der Waals surface area contributed by atoms with Gasteiger partial charge in [-0.3, -0.25) is 4.79 Å². The normalized spacial score (nSPS) is 13.9. The van der Waals surface area contributed by atoms with E-state index in [1.165, 1.54) is 0 Å². The first kappa shape index (κ1) is 16.4. The fraction of sp³-hybridized carbons (Fsp3) is 0.238. The van der Waals surface area contributed by atoms with Crippen molar-refractivity contribution in [3.05, 3.63) is 70.9 Å². The summed E-state index contributed by atoms with van der Waals surface area (Å²) in [7, 11) is 1.79. The second-order valence-corrected chi connectivity index (χ2v) is 6.70. The molecular weight excluding hydrogens is 328 g/mol. The smallest absolute Gasteiger partial charge is 0.337 e. The van der Waals surface area contributed by atoms with Crippen LogP contribution in [0.4, 0.5) is 0 Å². The number of aromatic carboxylic acids is 1. The third kappa shape index (κ3) is 2.56. The van der Waals surface area contributed by atoms with Gasteiger partial charge in [0.25, 0.3) is 5.91 Å². The number of benzene rings is 2. The second kappa shape index (κ2) is 6.33. The average Bonchev–Trinajstić information content (AvgIpc) is 2.98. The van der Waals surface area contributed by atoms with E-state index in [9.17, 15) is 14.7 Å². The van der Waals surface area contributed by atoms with Crippen molar-refractivity contribution in [2.75, 3.05) is 13.6 Å². The van der Waals surface area contributed by atoms with Gasteiger partial charge in [-0.25, -0.2) is 4.79 Å². The highest BCUT2D eigenvalue weighted by Gasteiger charge is 2.30. The molecule has 0 saturated carbocycles. The van der Waals surface area contributed by atoms with Gasteiger partial charge in [0.1, 0.15) is 5.69 Å². The number of fused-ring (bicyclic) bond motifs is 3. The van der Waals surface area contributed by atoms with E-state index in [1.54, 1.807) is 24.1 Å². The molecule has 1 N–H and O–H groups in total. The largest absolute Gasteiger partial charge is 0.478 e. The monoisotopic (exact) mass is 348 g/mol. The van der Waals surface area contributed by atoms with E-state index in [1.807, 2.05) is 41.0 Å². The molecule has 2 heterocycles. The molecule has 26 heavy (non-hydrogen) atoms. The molecule has 0 saturated heterocycles. The number of para-hydroxylation sites is 1. The van der Waals surface area contributed by atoms with Gasteiger partial charge in [0.2, 0.25) is 0 Å². The lowest BCUT2D eigenvalue weighted by molar-refractivity contribution is 0.0696. The number of carboxylic acids is 1. The molecule has 0 bridgehead atoms. The Kier molecular flexibility index (Phi) is 3.99. The Balaban J connectivity index is 1.91. The highest BCUT2D eigenvalue weighted by atomic mass is 16.4. The maximum atomic E-state index is 12.9. The molecule has 1 aliphatic rings. The highest BCUT2D eigenvalue weighted by Crippen LogP contribution is 2.33. The van der Waals surface area contributed by atoms with Gasteiger partial charge < -0.3 is 14.6 Å². The number of carboxylic acid groups (broad SMARTS) is 1. The first-order chi connectivity index (χ1) is 12.6. The molecular formula is C21H20N2O3. The van der Waals surface area contributed by atoms with E-state index < -0.39 is 5.97 Å². The van der Waals surface area contributed by atoms with Crippen LogP contribution in [0.5, 0.6) is 0 Å². The van der Waals surface area contributed by atoms with Crippen molar-refractivity contribution in [1.82, 2.24) is 9.47 Å². The molecule has 0 radical (unpaired) electrons. The van der Waals surface area contributed by atoms with Gasteiger partial charge in [-0.2, -0.15) is 0 Å². The minimum atomic E-state index is -0.966. The summed E-state index contributed by atoms with van der Waals surface area (Å²) < 4.78 is 1.92. The van der Waals surface area contributed by atoms with Crippen LogP contribution in [0.1, 0.15) is 32.0 Å². The zero-order valence-electron chi connectivity index (χ0n) is 14.6. The molecule has 1 aliphatic heterocycles. The Morgan fingerprint density at radius 2 is 1.88 bits per heavy atom. The van der Waals surface area contributed by atoms with Gasteiger partial charge >= 0.3 is 5.97 Å². The van der Waals surface area contributed by atoms with Crippen molar-refractivity contribution < 1.29 is 14.7 Å². The Morgan fingerprint density at radius 3 is 2.62 bits per heavy atom. The third-order valence-electron chi connectivity index (χ3n) is 5.13. The van der Waals surface area contributed by atoms with Gasteiger partial charge in [-0.1, -0.05) is 42.5 Å². The Labute approximate surface area is 151 Å². The van der Waals surface area contributed by atoms with Crippen LogP contribution in [-0.4, -0.2) is 40.0 Å². The fourth-order valence-corrected chi connectivity index (χ4v) is 3.82. The number of nitrogens with zero attached hydrogens (tertiary/aromatic N) is 2. The summed E-state index contributed by atoms with van der Waals surface area (Å²) in [6.45, 7) is 1.22. The van der Waals surface area contributed by atoms with Crippen LogP contribution in [0.2, 0.25) is 0 Å². The quantitative estimate of drug-likeness (QED) is 0.787. The SMILES string of the molecule is CN1CCc2c(n(CCc3ccccc3)c3c(C(=O)O)cccc23)C1=O. The Bertz CT molecular complexity index is 1010. The van der Waals surface area contributed by atoms with Crippen molar-refractivity contribution in [3.63, 3.8) is 0 Å². The number of carbonyl (C=O) groups is 2. The van der Waals surface area contributed by atoms with Crippen molar-refractivity contribution in [2.45, 2.75) is 19.4 Å². The summed E-state index contributed by atoms with van der Waals surface area (Å²) in [6, 6.07) is 15.3. The molecule has 0 fully saturated rings. The molecule has 1 amide bonds. The van der Waals surface area contributed by atoms with Crippen LogP contribution in [0.3, 0.4) is 0 Å². The van der Waals surface area contributed by atoms with E-state index in [0.717, 1.165) is 29.4 Å². The van der Waals surface area contributed by atoms with Crippen LogP contribution < -0.4 is 0 Å². The molecule has 0 spiro atoms. The summed E-state index contributed by atoms with van der Waals surface area (Å²) in [4.78, 5) is 26.4. The summed E-state index contributed by atoms with van der Waals surface area (Å²) >= 11 is 0. The van der Waals surface area contributed by atoms with E-state index in [0.29, 0.717) is 24.3 Å². The molecule has 5 nitrogen and oxygen atoms in total. The molecule has 132 valence electrons. The van der Waals surface area contributed by atoms with E-state index >= 15 is 0 Å². The van der Waals surface area contributed by atoms with Gasteiger partial charge in [-0.05, 0) is 30.0 Å². The van der Waals surface area contributed by atoms with Crippen molar-refractivity contribution in [1.29, 1.82) is 0 Å². The zero-order valence-corrected chi connectivity index (χ0v) is 14.6. The molecule has 5 heteroatoms. The van der Waals surface area contributed by atoms with Crippen LogP contribution >= 0.6 is 0 Å². The fourth-order valence-electron chi connectivity index (χ4n) is 3.82. The van der Waals surface area contributed by atoms with E-state index in [-0.39, 0.29) is 11.5 Å². The number of aryl methyl sites for hydroxylation is 2. The highest BCUT2D eigenvalue weighted by molar-refractivity contribution is 6.09. The Hall–Kier alpha value is -3.08. The summed E-state index contributed by atoms with van der Waals surface area (Å²) in [5.74, 6) is -1.00. The Morgan fingerprint density at radius 1 is 1.12 bits per heavy atom. The minimum absolute atomic E-state index is 0.0353. The molecule has 1 aromatic heterocycles. The first-order valence-corrected chi connectivity index (χ1v) is 8.74. The number of amides is 1. The third-order valence-corrected chi connectivity index (χ3v) is 5.13. The van der Waals surface area contributed by atoms with Gasteiger partial charge in [-0.15, -0.1) is 0 Å². The number of carbonyl (C=O) groups excluding carboxylic acids is 1. The van der Waals surface area contributed by atoms with E-state index in [4.69, 9.17) is 0 Å². The molecule has 0 unspecified atom stereocenters. The molecule has 4 rings (SSSR count). The van der Waals surface area contributed by atoms with Crippen molar-refractivity contribution in [3.8, 4) is 0 Å². The predicted molar refractivity (Wildman–Crippen MR) is 99.7 cm³/mol. The number of hydrogen-bond donors (Lipinski definition) is 1. The lowest BCUT2D eigenvalue weighted by Gasteiger charge is -2.24. The molecule has 2 aromatic carbocycles. The number of likely N-dealkylation sites (N-methyl/N-ethyl adjacent to an activating group) is 1. The van der Waals surface area contributed by atoms with E-state index in [2.05, 4.69) is 0 Å². The lowest BCUT2D eigenvalue weighted by atomic mass is 10.0. The summed E-state index contributed by atoms with van der Waals surface area (Å²) in [5, 5.41) is 10.5. The van der Waals surface area contributed by atoms with Crippen LogP contribution in [0.25, 0.3) is 10.9 Å². The number of rotatable bonds is 4. The number of hydrogen-bond acceptors (Lipinski definition) is 2. The first-order valence-electron chi connectivity index (χ1n) is 8.74. The second-order valence-electron chi connectivity index (χ2n) is 6.70. The molecule has 0 aliphatic carbocycles. The van der Waals surface area contributed by atoms with Gasteiger partial charge in [0.05, 0.1) is 11.1 Å². The summed E-state index contributed by atoms with van der Waals surface area (Å²) in [5.41, 5.74) is 3.68. The van der Waals surface area contributed by atoms with Crippen LogP contribution in [0, 0.1) is 0 Å². The molecule has 0 atom stereocenters. The minimum Gasteiger partial charge on any atom is -0.478 e. The maximum Gasteiger partial charge on any atom is 0.337 e. The lowest BCUT2D eigenvalue weighted by Crippen LogP contribution is -2.35. The van der Waals surface area contributed by atoms with Gasteiger partial charge in [0.15, 0.2) is 0 Å². The van der Waals surface area contributed by atoms with Crippen LogP contribution in [0.15, 0.2) is 48.5 Å². The average molecular weight is 348 g/mol. The van der Waals surface area contributed by atoms with Crippen molar-refractivity contribution >= 4 is 22.8 Å². The van der Waals surface area contributed by atoms with Gasteiger partial charge in [0, 0.05) is 25.5 Å². The number of aromatic nitrogens is 1. The zero-order chi connectivity index (χ0) is 18.3. The molecule has 3 aromatic rings.